The number of anilines is 1. The fraction of sp³-hybridized carbons (Fsp3) is 0.692. The number of nitrogens with zero attached hydrogens (tertiary/aromatic N) is 2. The van der Waals surface area contributed by atoms with E-state index in [1.165, 1.54) is 19.3 Å². The molecule has 3 rings (SSSR count). The summed E-state index contributed by atoms with van der Waals surface area (Å²) in [5.74, 6) is 0.712. The summed E-state index contributed by atoms with van der Waals surface area (Å²) in [6, 6.07) is 0.823. The van der Waals surface area contributed by atoms with E-state index < -0.39 is 0 Å². The van der Waals surface area contributed by atoms with E-state index in [-0.39, 0.29) is 6.03 Å². The van der Waals surface area contributed by atoms with E-state index in [2.05, 4.69) is 27.3 Å². The van der Waals surface area contributed by atoms with E-state index in [4.69, 9.17) is 0 Å². The molecule has 2 amide bonds. The average Bonchev–Trinajstić information content (AvgIpc) is 2.94. The van der Waals surface area contributed by atoms with Crippen LogP contribution in [0.5, 0.6) is 0 Å². The van der Waals surface area contributed by atoms with Crippen LogP contribution in [0.1, 0.15) is 39.0 Å². The maximum Gasteiger partial charge on any atom is 0.322 e. The highest BCUT2D eigenvalue weighted by Crippen LogP contribution is 2.39. The van der Waals surface area contributed by atoms with Crippen LogP contribution in [0.3, 0.4) is 0 Å². The van der Waals surface area contributed by atoms with E-state index in [0.717, 1.165) is 18.5 Å². The molecule has 1 saturated heterocycles. The fourth-order valence-corrected chi connectivity index (χ4v) is 3.57. The molecule has 0 bridgehead atoms. The van der Waals surface area contributed by atoms with Crippen molar-refractivity contribution in [1.82, 2.24) is 15.1 Å². The van der Waals surface area contributed by atoms with Gasteiger partial charge in [-0.2, -0.15) is 5.10 Å². The van der Waals surface area contributed by atoms with Gasteiger partial charge in [0.05, 0.1) is 11.9 Å². The molecular formula is C13H20N4O. The second-order valence-corrected chi connectivity index (χ2v) is 5.52. The van der Waals surface area contributed by atoms with Crippen LogP contribution >= 0.6 is 0 Å². The van der Waals surface area contributed by atoms with E-state index >= 15 is 0 Å². The minimum Gasteiger partial charge on any atom is -0.319 e. The van der Waals surface area contributed by atoms with Crippen LogP contribution in [0, 0.1) is 5.92 Å². The number of carbonyl (C=O) groups is 1. The normalized spacial score (nSPS) is 31.2. The molecule has 0 unspecified atom stereocenters. The van der Waals surface area contributed by atoms with Crippen molar-refractivity contribution in [2.75, 3.05) is 5.32 Å². The second-order valence-electron chi connectivity index (χ2n) is 5.52. The molecule has 5 nitrogen and oxygen atoms in total. The van der Waals surface area contributed by atoms with Gasteiger partial charge in [-0.15, -0.1) is 0 Å². The predicted molar refractivity (Wildman–Crippen MR) is 69.3 cm³/mol. The molecule has 2 aliphatic rings. The summed E-state index contributed by atoms with van der Waals surface area (Å²) < 4.78 is 0. The van der Waals surface area contributed by atoms with E-state index in [1.807, 2.05) is 0 Å². The van der Waals surface area contributed by atoms with Crippen molar-refractivity contribution in [2.24, 2.45) is 5.92 Å². The molecule has 1 aromatic heterocycles. The number of urea groups is 1. The molecule has 5 heteroatoms. The smallest absolute Gasteiger partial charge is 0.319 e. The van der Waals surface area contributed by atoms with Gasteiger partial charge >= 0.3 is 6.03 Å². The van der Waals surface area contributed by atoms with Gasteiger partial charge < -0.3 is 10.2 Å². The van der Waals surface area contributed by atoms with Gasteiger partial charge in [0.2, 0.25) is 0 Å². The Kier molecular flexibility index (Phi) is 2.97. The number of aromatic nitrogens is 2. The molecule has 2 N–H and O–H groups in total. The van der Waals surface area contributed by atoms with Gasteiger partial charge in [-0.1, -0.05) is 12.8 Å². The van der Waals surface area contributed by atoms with Crippen molar-refractivity contribution in [3.63, 3.8) is 0 Å². The number of rotatable bonds is 1. The standard InChI is InChI=1S/C13H20N4O/c1-9-6-10-4-2-3-5-12(10)17(9)13(18)16-11-7-14-15-8-11/h7-10,12H,2-6H2,1H3,(H,14,15)(H,16,18)/t9-,10+,12+/m1/s1. The lowest BCUT2D eigenvalue weighted by Crippen LogP contribution is -2.44. The first kappa shape index (κ1) is 11.6. The molecule has 3 atom stereocenters. The zero-order valence-corrected chi connectivity index (χ0v) is 10.7. The summed E-state index contributed by atoms with van der Waals surface area (Å²) in [6.45, 7) is 2.16. The van der Waals surface area contributed by atoms with Crippen LogP contribution in [0.25, 0.3) is 0 Å². The molecule has 2 fully saturated rings. The highest BCUT2D eigenvalue weighted by molar-refractivity contribution is 5.89. The average molecular weight is 248 g/mol. The molecule has 98 valence electrons. The summed E-state index contributed by atoms with van der Waals surface area (Å²) in [4.78, 5) is 14.4. The fourth-order valence-electron chi connectivity index (χ4n) is 3.57. The molecule has 0 spiro atoms. The van der Waals surface area contributed by atoms with Gasteiger partial charge in [0, 0.05) is 18.3 Å². The third kappa shape index (κ3) is 1.98. The number of likely N-dealkylation sites (tertiary alicyclic amines) is 1. The minimum atomic E-state index is 0.0262. The first-order chi connectivity index (χ1) is 8.75. The Morgan fingerprint density at radius 2 is 2.33 bits per heavy atom. The first-order valence-electron chi connectivity index (χ1n) is 6.84. The zero-order valence-electron chi connectivity index (χ0n) is 10.7. The third-order valence-electron chi connectivity index (χ3n) is 4.33. The number of H-pyrrole nitrogens is 1. The number of hydrogen-bond donors (Lipinski definition) is 2. The van der Waals surface area contributed by atoms with Gasteiger partial charge in [0.25, 0.3) is 0 Å². The Morgan fingerprint density at radius 3 is 3.11 bits per heavy atom. The monoisotopic (exact) mass is 248 g/mol. The second kappa shape index (κ2) is 4.63. The molecule has 0 aromatic carbocycles. The van der Waals surface area contributed by atoms with Crippen LogP contribution in [0.4, 0.5) is 10.5 Å². The number of nitrogens with one attached hydrogen (secondary N) is 2. The van der Waals surface area contributed by atoms with Crippen LogP contribution in [0.15, 0.2) is 12.4 Å². The lowest BCUT2D eigenvalue weighted by Gasteiger charge is -2.33. The maximum absolute atomic E-state index is 12.4. The highest BCUT2D eigenvalue weighted by Gasteiger charge is 2.42. The third-order valence-corrected chi connectivity index (χ3v) is 4.33. The first-order valence-corrected chi connectivity index (χ1v) is 6.84. The van der Waals surface area contributed by atoms with E-state index in [9.17, 15) is 4.79 Å². The highest BCUT2D eigenvalue weighted by atomic mass is 16.2. The van der Waals surface area contributed by atoms with Crippen molar-refractivity contribution in [3.8, 4) is 0 Å². The number of amides is 2. The minimum absolute atomic E-state index is 0.0262. The van der Waals surface area contributed by atoms with Crippen molar-refractivity contribution in [2.45, 2.75) is 51.1 Å². The predicted octanol–water partition coefficient (Wildman–Crippen LogP) is 2.59. The Bertz CT molecular complexity index is 417. The molecule has 1 aromatic rings. The van der Waals surface area contributed by atoms with Crippen molar-refractivity contribution in [3.05, 3.63) is 12.4 Å². The number of carbonyl (C=O) groups excluding carboxylic acids is 1. The van der Waals surface area contributed by atoms with Crippen molar-refractivity contribution in [1.29, 1.82) is 0 Å². The number of hydrogen-bond acceptors (Lipinski definition) is 2. The quantitative estimate of drug-likeness (QED) is 0.802. The van der Waals surface area contributed by atoms with Gasteiger partial charge in [-0.05, 0) is 32.1 Å². The number of aromatic amines is 1. The molecule has 1 aliphatic carbocycles. The summed E-state index contributed by atoms with van der Waals surface area (Å²) in [6.07, 6.45) is 9.52. The van der Waals surface area contributed by atoms with E-state index in [1.54, 1.807) is 12.4 Å². The van der Waals surface area contributed by atoms with Crippen LogP contribution < -0.4 is 5.32 Å². The summed E-state index contributed by atoms with van der Waals surface area (Å²) in [7, 11) is 0. The Morgan fingerprint density at radius 1 is 1.50 bits per heavy atom. The maximum atomic E-state index is 12.4. The Balaban J connectivity index is 1.72. The zero-order chi connectivity index (χ0) is 12.5. The Labute approximate surface area is 107 Å². The molecule has 18 heavy (non-hydrogen) atoms. The lowest BCUT2D eigenvalue weighted by atomic mass is 9.85. The van der Waals surface area contributed by atoms with Crippen LogP contribution in [-0.4, -0.2) is 33.2 Å². The van der Waals surface area contributed by atoms with Gasteiger partial charge in [0.1, 0.15) is 0 Å². The van der Waals surface area contributed by atoms with Crippen LogP contribution in [0.2, 0.25) is 0 Å². The molecule has 0 radical (unpaired) electrons. The lowest BCUT2D eigenvalue weighted by molar-refractivity contribution is 0.168. The van der Waals surface area contributed by atoms with Crippen LogP contribution in [-0.2, 0) is 0 Å². The van der Waals surface area contributed by atoms with Gasteiger partial charge in [-0.25, -0.2) is 4.79 Å². The Hall–Kier alpha value is -1.52. The molecule has 1 saturated carbocycles. The van der Waals surface area contributed by atoms with E-state index in [0.29, 0.717) is 18.0 Å². The molecule has 2 heterocycles. The topological polar surface area (TPSA) is 61.0 Å². The SMILES string of the molecule is C[C@@H]1C[C@@H]2CCCC[C@@H]2N1C(=O)Nc1cn[nH]c1. The number of fused-ring (bicyclic) bond motifs is 1. The molecular weight excluding hydrogens is 228 g/mol. The van der Waals surface area contributed by atoms with Crippen molar-refractivity contribution < 1.29 is 4.79 Å². The summed E-state index contributed by atoms with van der Waals surface area (Å²) in [5.41, 5.74) is 0.742. The van der Waals surface area contributed by atoms with Gasteiger partial charge in [0.15, 0.2) is 0 Å². The summed E-state index contributed by atoms with van der Waals surface area (Å²) in [5, 5.41) is 9.47. The largest absolute Gasteiger partial charge is 0.322 e. The summed E-state index contributed by atoms with van der Waals surface area (Å²) >= 11 is 0. The van der Waals surface area contributed by atoms with Crippen molar-refractivity contribution >= 4 is 11.7 Å². The van der Waals surface area contributed by atoms with Gasteiger partial charge in [-0.3, -0.25) is 5.10 Å². The molecule has 1 aliphatic heterocycles.